The number of hydrogen-bond acceptors (Lipinski definition) is 4. The van der Waals surface area contributed by atoms with E-state index in [0.29, 0.717) is 24.8 Å². The Labute approximate surface area is 146 Å². The minimum Gasteiger partial charge on any atom is -0.486 e. The largest absolute Gasteiger partial charge is 0.486 e. The van der Waals surface area contributed by atoms with E-state index in [1.54, 1.807) is 30.3 Å². The van der Waals surface area contributed by atoms with E-state index in [9.17, 15) is 9.50 Å². The minimum atomic E-state index is -0.808. The standard InChI is InChI=1S/C18H24FN3O3/c1-3-20-18(22-12-15(23)17-9-6-10-24-17)21-11-13(2)25-16-8-5-4-7-14(16)19/h4-10,13,15,23H,3,11-12H2,1-2H3,(H2,20,21,22). The molecular weight excluding hydrogens is 325 g/mol. The fourth-order valence-corrected chi connectivity index (χ4v) is 2.13. The Bertz CT molecular complexity index is 661. The molecule has 7 heteroatoms. The van der Waals surface area contributed by atoms with Gasteiger partial charge in [0, 0.05) is 6.54 Å². The molecule has 0 aliphatic heterocycles. The average molecular weight is 349 g/mol. The summed E-state index contributed by atoms with van der Waals surface area (Å²) in [5.74, 6) is 0.830. The molecule has 0 saturated heterocycles. The Kier molecular flexibility index (Phi) is 7.28. The van der Waals surface area contributed by atoms with Crippen LogP contribution in [0.3, 0.4) is 0 Å². The zero-order valence-electron chi connectivity index (χ0n) is 14.4. The maximum Gasteiger partial charge on any atom is 0.191 e. The molecule has 6 nitrogen and oxygen atoms in total. The molecule has 3 N–H and O–H groups in total. The van der Waals surface area contributed by atoms with Crippen molar-refractivity contribution < 1.29 is 18.7 Å². The van der Waals surface area contributed by atoms with Crippen LogP contribution >= 0.6 is 0 Å². The van der Waals surface area contributed by atoms with Gasteiger partial charge in [-0.15, -0.1) is 0 Å². The highest BCUT2D eigenvalue weighted by Crippen LogP contribution is 2.16. The van der Waals surface area contributed by atoms with E-state index in [0.717, 1.165) is 0 Å². The summed E-state index contributed by atoms with van der Waals surface area (Å²) < 4.78 is 24.3. The van der Waals surface area contributed by atoms with Crippen LogP contribution in [0.4, 0.5) is 4.39 Å². The summed E-state index contributed by atoms with van der Waals surface area (Å²) in [7, 11) is 0. The lowest BCUT2D eigenvalue weighted by atomic mass is 10.3. The number of nitrogens with one attached hydrogen (secondary N) is 2. The van der Waals surface area contributed by atoms with Crippen molar-refractivity contribution in [1.82, 2.24) is 10.6 Å². The molecule has 0 fully saturated rings. The van der Waals surface area contributed by atoms with Crippen molar-refractivity contribution in [3.8, 4) is 5.75 Å². The molecule has 0 bridgehead atoms. The van der Waals surface area contributed by atoms with Gasteiger partial charge in [0.25, 0.3) is 0 Å². The Balaban J connectivity index is 1.85. The van der Waals surface area contributed by atoms with Crippen molar-refractivity contribution in [3.05, 3.63) is 54.2 Å². The first-order valence-corrected chi connectivity index (χ1v) is 8.25. The van der Waals surface area contributed by atoms with Crippen LogP contribution in [0.25, 0.3) is 0 Å². The fourth-order valence-electron chi connectivity index (χ4n) is 2.13. The summed E-state index contributed by atoms with van der Waals surface area (Å²) in [5.41, 5.74) is 0. The van der Waals surface area contributed by atoms with Gasteiger partial charge in [-0.2, -0.15) is 0 Å². The average Bonchev–Trinajstić information content (AvgIpc) is 3.14. The van der Waals surface area contributed by atoms with Crippen molar-refractivity contribution >= 4 is 5.96 Å². The van der Waals surface area contributed by atoms with E-state index in [1.807, 2.05) is 13.8 Å². The normalized spacial score (nSPS) is 14.0. The lowest BCUT2D eigenvalue weighted by Gasteiger charge is -2.18. The molecule has 0 amide bonds. The number of aliphatic imine (C=N–C) groups is 1. The topological polar surface area (TPSA) is 79.0 Å². The van der Waals surface area contributed by atoms with Crippen LogP contribution in [-0.4, -0.2) is 36.8 Å². The summed E-state index contributed by atoms with van der Waals surface area (Å²) >= 11 is 0. The third-order valence-electron chi connectivity index (χ3n) is 3.36. The van der Waals surface area contributed by atoms with Gasteiger partial charge < -0.3 is 24.9 Å². The predicted molar refractivity (Wildman–Crippen MR) is 94.1 cm³/mol. The first-order valence-electron chi connectivity index (χ1n) is 8.25. The molecule has 2 unspecified atom stereocenters. The number of para-hydroxylation sites is 1. The molecule has 2 rings (SSSR count). The van der Waals surface area contributed by atoms with Crippen molar-refractivity contribution in [2.75, 3.05) is 19.6 Å². The summed E-state index contributed by atoms with van der Waals surface area (Å²) in [6.45, 7) is 5.04. The molecule has 2 atom stereocenters. The predicted octanol–water partition coefficient (Wildman–Crippen LogP) is 2.47. The Morgan fingerprint density at radius 2 is 2.08 bits per heavy atom. The number of halogens is 1. The first kappa shape index (κ1) is 18.8. The van der Waals surface area contributed by atoms with Gasteiger partial charge in [-0.3, -0.25) is 4.99 Å². The van der Waals surface area contributed by atoms with E-state index in [1.165, 1.54) is 12.3 Å². The lowest BCUT2D eigenvalue weighted by Crippen LogP contribution is -2.42. The second-order valence-electron chi connectivity index (χ2n) is 5.49. The Morgan fingerprint density at radius 1 is 1.28 bits per heavy atom. The summed E-state index contributed by atoms with van der Waals surface area (Å²) in [6.07, 6.45) is 0.432. The highest BCUT2D eigenvalue weighted by molar-refractivity contribution is 5.79. The molecule has 1 aromatic carbocycles. The van der Waals surface area contributed by atoms with Crippen LogP contribution in [-0.2, 0) is 0 Å². The van der Waals surface area contributed by atoms with Crippen molar-refractivity contribution in [3.63, 3.8) is 0 Å². The minimum absolute atomic E-state index is 0.158. The fraction of sp³-hybridized carbons (Fsp3) is 0.389. The number of nitrogens with zero attached hydrogens (tertiary/aromatic N) is 1. The number of benzene rings is 1. The van der Waals surface area contributed by atoms with Crippen molar-refractivity contribution in [2.45, 2.75) is 26.1 Å². The van der Waals surface area contributed by atoms with Crippen LogP contribution in [0.5, 0.6) is 5.75 Å². The highest BCUT2D eigenvalue weighted by Gasteiger charge is 2.11. The molecule has 136 valence electrons. The van der Waals surface area contributed by atoms with Crippen molar-refractivity contribution in [2.24, 2.45) is 4.99 Å². The number of aliphatic hydroxyl groups excluding tert-OH is 1. The molecule has 0 radical (unpaired) electrons. The van der Waals surface area contributed by atoms with Gasteiger partial charge >= 0.3 is 0 Å². The maximum atomic E-state index is 13.6. The maximum absolute atomic E-state index is 13.6. The van der Waals surface area contributed by atoms with Gasteiger partial charge in [0.05, 0.1) is 19.4 Å². The monoisotopic (exact) mass is 349 g/mol. The summed E-state index contributed by atoms with van der Waals surface area (Å²) in [5, 5.41) is 16.2. The zero-order valence-corrected chi connectivity index (χ0v) is 14.4. The number of hydrogen-bond donors (Lipinski definition) is 3. The molecular formula is C18H24FN3O3. The summed E-state index contributed by atoms with van der Waals surface area (Å²) in [6, 6.07) is 9.70. The SMILES string of the molecule is CCNC(=NCC(O)c1ccco1)NCC(C)Oc1ccccc1F. The Morgan fingerprint density at radius 3 is 2.76 bits per heavy atom. The van der Waals surface area contributed by atoms with E-state index in [2.05, 4.69) is 15.6 Å². The van der Waals surface area contributed by atoms with E-state index in [-0.39, 0.29) is 18.4 Å². The number of furan rings is 1. The third kappa shape index (κ3) is 6.11. The van der Waals surface area contributed by atoms with Crippen LogP contribution in [0, 0.1) is 5.82 Å². The molecule has 1 heterocycles. The first-order chi connectivity index (χ1) is 12.1. The highest BCUT2D eigenvalue weighted by atomic mass is 19.1. The summed E-state index contributed by atoms with van der Waals surface area (Å²) in [4.78, 5) is 4.32. The van der Waals surface area contributed by atoms with Crippen LogP contribution in [0.2, 0.25) is 0 Å². The second-order valence-corrected chi connectivity index (χ2v) is 5.49. The van der Waals surface area contributed by atoms with E-state index in [4.69, 9.17) is 9.15 Å². The number of aliphatic hydroxyl groups is 1. The quantitative estimate of drug-likeness (QED) is 0.504. The zero-order chi connectivity index (χ0) is 18.1. The van der Waals surface area contributed by atoms with Crippen LogP contribution in [0.15, 0.2) is 52.1 Å². The molecule has 2 aromatic rings. The molecule has 1 aromatic heterocycles. The molecule has 0 saturated carbocycles. The molecule has 25 heavy (non-hydrogen) atoms. The van der Waals surface area contributed by atoms with E-state index < -0.39 is 11.9 Å². The van der Waals surface area contributed by atoms with Gasteiger partial charge in [-0.25, -0.2) is 4.39 Å². The number of guanidine groups is 1. The number of rotatable bonds is 8. The van der Waals surface area contributed by atoms with Gasteiger partial charge in [0.15, 0.2) is 17.5 Å². The van der Waals surface area contributed by atoms with Crippen LogP contribution < -0.4 is 15.4 Å². The third-order valence-corrected chi connectivity index (χ3v) is 3.36. The molecule has 0 spiro atoms. The second kappa shape index (κ2) is 9.68. The van der Waals surface area contributed by atoms with Crippen LogP contribution in [0.1, 0.15) is 25.7 Å². The molecule has 0 aliphatic carbocycles. The molecule has 0 aliphatic rings. The van der Waals surface area contributed by atoms with Crippen molar-refractivity contribution in [1.29, 1.82) is 0 Å². The van der Waals surface area contributed by atoms with Gasteiger partial charge in [0.1, 0.15) is 18.0 Å². The number of ether oxygens (including phenoxy) is 1. The van der Waals surface area contributed by atoms with Gasteiger partial charge in [-0.05, 0) is 38.1 Å². The Hall–Kier alpha value is -2.54. The van der Waals surface area contributed by atoms with Gasteiger partial charge in [-0.1, -0.05) is 12.1 Å². The smallest absolute Gasteiger partial charge is 0.191 e. The van der Waals surface area contributed by atoms with Gasteiger partial charge in [0.2, 0.25) is 0 Å². The van der Waals surface area contributed by atoms with E-state index >= 15 is 0 Å². The lowest BCUT2D eigenvalue weighted by molar-refractivity contribution is 0.158.